The van der Waals surface area contributed by atoms with E-state index in [4.69, 9.17) is 9.47 Å². The van der Waals surface area contributed by atoms with Crippen molar-refractivity contribution >= 4 is 5.91 Å². The molecule has 1 aromatic rings. The lowest BCUT2D eigenvalue weighted by Gasteiger charge is -2.13. The summed E-state index contributed by atoms with van der Waals surface area (Å²) in [5.74, 6) is 0.536. The Hall–Kier alpha value is -1.55. The van der Waals surface area contributed by atoms with Crippen molar-refractivity contribution in [1.29, 1.82) is 0 Å². The number of hydrogen-bond donors (Lipinski definition) is 1. The number of carbonyl (C=O) groups is 1. The topological polar surface area (TPSA) is 47.6 Å². The molecule has 4 heteroatoms. The molecule has 1 unspecified atom stereocenters. The van der Waals surface area contributed by atoms with Crippen LogP contribution in [0.15, 0.2) is 18.2 Å². The summed E-state index contributed by atoms with van der Waals surface area (Å²) in [6, 6.07) is 5.56. The van der Waals surface area contributed by atoms with Crippen molar-refractivity contribution in [2.75, 3.05) is 20.3 Å². The summed E-state index contributed by atoms with van der Waals surface area (Å²) in [4.78, 5) is 12.1. The maximum absolute atomic E-state index is 12.1. The predicted octanol–water partition coefficient (Wildman–Crippen LogP) is 1.91. The Morgan fingerprint density at radius 3 is 3.06 bits per heavy atom. The van der Waals surface area contributed by atoms with E-state index in [1.807, 2.05) is 19.1 Å². The molecule has 98 valence electrons. The molecule has 0 aliphatic carbocycles. The number of aryl methyl sites for hydroxylation is 1. The number of benzene rings is 1. The maximum atomic E-state index is 12.1. The molecule has 4 nitrogen and oxygen atoms in total. The van der Waals surface area contributed by atoms with Gasteiger partial charge >= 0.3 is 0 Å². The predicted molar refractivity (Wildman–Crippen MR) is 69.0 cm³/mol. The van der Waals surface area contributed by atoms with Gasteiger partial charge in [0, 0.05) is 13.2 Å². The second kappa shape index (κ2) is 5.87. The Labute approximate surface area is 107 Å². The van der Waals surface area contributed by atoms with Crippen LogP contribution in [0.4, 0.5) is 0 Å². The highest BCUT2D eigenvalue weighted by Gasteiger charge is 2.18. The smallest absolute Gasteiger partial charge is 0.255 e. The fourth-order valence-electron chi connectivity index (χ4n) is 2.21. The molecule has 1 aromatic carbocycles. The summed E-state index contributed by atoms with van der Waals surface area (Å²) in [7, 11) is 1.58. The normalized spacial score (nSPS) is 18.7. The molecule has 1 amide bonds. The van der Waals surface area contributed by atoms with Crippen molar-refractivity contribution in [3.05, 3.63) is 29.3 Å². The van der Waals surface area contributed by atoms with E-state index in [1.54, 1.807) is 13.2 Å². The van der Waals surface area contributed by atoms with Crippen LogP contribution in [0.3, 0.4) is 0 Å². The van der Waals surface area contributed by atoms with Gasteiger partial charge in [0.1, 0.15) is 5.75 Å². The molecular weight excluding hydrogens is 230 g/mol. The average Bonchev–Trinajstić information content (AvgIpc) is 2.88. The molecule has 0 bridgehead atoms. The lowest BCUT2D eigenvalue weighted by molar-refractivity contribution is 0.0855. The largest absolute Gasteiger partial charge is 0.496 e. The quantitative estimate of drug-likeness (QED) is 0.886. The van der Waals surface area contributed by atoms with Gasteiger partial charge in [0.2, 0.25) is 0 Å². The van der Waals surface area contributed by atoms with Crippen LogP contribution in [-0.4, -0.2) is 32.3 Å². The Morgan fingerprint density at radius 2 is 2.39 bits per heavy atom. The maximum Gasteiger partial charge on any atom is 0.255 e. The number of methoxy groups -OCH3 is 1. The third-order valence-corrected chi connectivity index (χ3v) is 3.17. The molecule has 18 heavy (non-hydrogen) atoms. The number of hydrogen-bond acceptors (Lipinski definition) is 3. The molecule has 0 radical (unpaired) electrons. The summed E-state index contributed by atoms with van der Waals surface area (Å²) in [6.45, 7) is 3.29. The highest BCUT2D eigenvalue weighted by Crippen LogP contribution is 2.22. The van der Waals surface area contributed by atoms with Crippen molar-refractivity contribution < 1.29 is 14.3 Å². The van der Waals surface area contributed by atoms with E-state index in [0.29, 0.717) is 17.9 Å². The van der Waals surface area contributed by atoms with Crippen LogP contribution < -0.4 is 10.1 Å². The Balaban J connectivity index is 2.01. The zero-order chi connectivity index (χ0) is 13.0. The van der Waals surface area contributed by atoms with Gasteiger partial charge < -0.3 is 14.8 Å². The molecule has 1 aliphatic rings. The number of para-hydroxylation sites is 1. The minimum Gasteiger partial charge on any atom is -0.496 e. The van der Waals surface area contributed by atoms with Gasteiger partial charge in [-0.05, 0) is 31.4 Å². The van der Waals surface area contributed by atoms with E-state index in [2.05, 4.69) is 5.32 Å². The summed E-state index contributed by atoms with van der Waals surface area (Å²) >= 11 is 0. The lowest BCUT2D eigenvalue weighted by Crippen LogP contribution is -2.32. The van der Waals surface area contributed by atoms with E-state index in [0.717, 1.165) is 25.0 Å². The Morgan fingerprint density at radius 1 is 1.56 bits per heavy atom. The number of carbonyl (C=O) groups excluding carboxylic acids is 1. The number of ether oxygens (including phenoxy) is 2. The van der Waals surface area contributed by atoms with Crippen LogP contribution in [0.2, 0.25) is 0 Å². The van der Waals surface area contributed by atoms with Crippen LogP contribution >= 0.6 is 0 Å². The standard InChI is InChI=1S/C14H19NO3/c1-10-5-3-7-12(13(10)17-2)14(16)15-9-11-6-4-8-18-11/h3,5,7,11H,4,6,8-9H2,1-2H3,(H,15,16). The zero-order valence-corrected chi connectivity index (χ0v) is 10.9. The first-order valence-electron chi connectivity index (χ1n) is 6.25. The van der Waals surface area contributed by atoms with Gasteiger partial charge in [-0.2, -0.15) is 0 Å². The number of nitrogens with one attached hydrogen (secondary N) is 1. The minimum atomic E-state index is -0.106. The Bertz CT molecular complexity index is 425. The van der Waals surface area contributed by atoms with Crippen molar-refractivity contribution in [3.63, 3.8) is 0 Å². The summed E-state index contributed by atoms with van der Waals surface area (Å²) in [6.07, 6.45) is 2.25. The number of amides is 1. The fraction of sp³-hybridized carbons (Fsp3) is 0.500. The van der Waals surface area contributed by atoms with Crippen LogP contribution in [0, 0.1) is 6.92 Å². The molecule has 1 atom stereocenters. The first-order valence-corrected chi connectivity index (χ1v) is 6.25. The van der Waals surface area contributed by atoms with E-state index in [9.17, 15) is 4.79 Å². The van der Waals surface area contributed by atoms with Crippen LogP contribution in [-0.2, 0) is 4.74 Å². The molecule has 1 fully saturated rings. The van der Waals surface area contributed by atoms with Gasteiger partial charge in [-0.25, -0.2) is 0 Å². The molecular formula is C14H19NO3. The molecule has 1 heterocycles. The third-order valence-electron chi connectivity index (χ3n) is 3.17. The second-order valence-corrected chi connectivity index (χ2v) is 4.50. The van der Waals surface area contributed by atoms with Crippen molar-refractivity contribution in [2.24, 2.45) is 0 Å². The molecule has 0 aromatic heterocycles. The van der Waals surface area contributed by atoms with E-state index >= 15 is 0 Å². The highest BCUT2D eigenvalue weighted by molar-refractivity contribution is 5.97. The summed E-state index contributed by atoms with van der Waals surface area (Å²) < 4.78 is 10.8. The highest BCUT2D eigenvalue weighted by atomic mass is 16.5. The van der Waals surface area contributed by atoms with Gasteiger partial charge in [-0.15, -0.1) is 0 Å². The van der Waals surface area contributed by atoms with E-state index in [1.165, 1.54) is 0 Å². The van der Waals surface area contributed by atoms with Gasteiger partial charge in [-0.3, -0.25) is 4.79 Å². The summed E-state index contributed by atoms with van der Waals surface area (Å²) in [5.41, 5.74) is 1.54. The molecule has 0 saturated carbocycles. The number of rotatable bonds is 4. The zero-order valence-electron chi connectivity index (χ0n) is 10.9. The third kappa shape index (κ3) is 2.82. The SMILES string of the molecule is COc1c(C)cccc1C(=O)NCC1CCCO1. The van der Waals surface area contributed by atoms with Crippen molar-refractivity contribution in [3.8, 4) is 5.75 Å². The van der Waals surface area contributed by atoms with Gasteiger partial charge in [0.05, 0.1) is 18.8 Å². The Kier molecular flexibility index (Phi) is 4.20. The fourth-order valence-corrected chi connectivity index (χ4v) is 2.21. The second-order valence-electron chi connectivity index (χ2n) is 4.50. The first kappa shape index (κ1) is 12.9. The molecule has 0 spiro atoms. The first-order chi connectivity index (χ1) is 8.72. The van der Waals surface area contributed by atoms with Crippen LogP contribution in [0.5, 0.6) is 5.75 Å². The minimum absolute atomic E-state index is 0.106. The summed E-state index contributed by atoms with van der Waals surface area (Å²) in [5, 5.41) is 2.90. The van der Waals surface area contributed by atoms with Crippen molar-refractivity contribution in [1.82, 2.24) is 5.32 Å². The van der Waals surface area contributed by atoms with E-state index in [-0.39, 0.29) is 12.0 Å². The molecule has 1 saturated heterocycles. The average molecular weight is 249 g/mol. The molecule has 1 N–H and O–H groups in total. The van der Waals surface area contributed by atoms with Gasteiger partial charge in [-0.1, -0.05) is 12.1 Å². The van der Waals surface area contributed by atoms with Crippen LogP contribution in [0.25, 0.3) is 0 Å². The monoisotopic (exact) mass is 249 g/mol. The molecule has 2 rings (SSSR count). The van der Waals surface area contributed by atoms with Crippen molar-refractivity contribution in [2.45, 2.75) is 25.9 Å². The van der Waals surface area contributed by atoms with Gasteiger partial charge in [0.15, 0.2) is 0 Å². The lowest BCUT2D eigenvalue weighted by atomic mass is 10.1. The van der Waals surface area contributed by atoms with Gasteiger partial charge in [0.25, 0.3) is 5.91 Å². The van der Waals surface area contributed by atoms with Crippen LogP contribution in [0.1, 0.15) is 28.8 Å². The molecule has 1 aliphatic heterocycles. The van der Waals surface area contributed by atoms with E-state index < -0.39 is 0 Å².